The first-order chi connectivity index (χ1) is 8.69. The molecule has 0 radical (unpaired) electrons. The van der Waals surface area contributed by atoms with Crippen LogP contribution in [0.4, 0.5) is 5.69 Å². The van der Waals surface area contributed by atoms with Crippen LogP contribution in [0.5, 0.6) is 0 Å². The summed E-state index contributed by atoms with van der Waals surface area (Å²) in [5.41, 5.74) is 3.11. The maximum absolute atomic E-state index is 4.57. The van der Waals surface area contributed by atoms with Crippen molar-refractivity contribution in [1.29, 1.82) is 0 Å². The van der Waals surface area contributed by atoms with E-state index in [1.807, 2.05) is 6.20 Å². The molecule has 1 N–H and O–H groups in total. The Labute approximate surface area is 110 Å². The van der Waals surface area contributed by atoms with E-state index >= 15 is 0 Å². The predicted octanol–water partition coefficient (Wildman–Crippen LogP) is 2.39. The summed E-state index contributed by atoms with van der Waals surface area (Å²) in [6.45, 7) is 9.21. The number of piperidine rings is 1. The van der Waals surface area contributed by atoms with Gasteiger partial charge < -0.3 is 10.2 Å². The van der Waals surface area contributed by atoms with Gasteiger partial charge in [-0.15, -0.1) is 0 Å². The topological polar surface area (TPSA) is 28.2 Å². The molecule has 18 heavy (non-hydrogen) atoms. The zero-order valence-electron chi connectivity index (χ0n) is 11.4. The van der Waals surface area contributed by atoms with Crippen molar-refractivity contribution in [2.75, 3.05) is 31.1 Å². The molecule has 0 aromatic carbocycles. The van der Waals surface area contributed by atoms with E-state index in [2.05, 4.69) is 41.2 Å². The Hall–Kier alpha value is -1.09. The van der Waals surface area contributed by atoms with Crippen LogP contribution in [-0.2, 0) is 0 Å². The summed E-state index contributed by atoms with van der Waals surface area (Å²) in [6, 6.07) is 4.41. The fourth-order valence-corrected chi connectivity index (χ4v) is 3.00. The number of anilines is 1. The van der Waals surface area contributed by atoms with Crippen LogP contribution in [0.25, 0.3) is 0 Å². The van der Waals surface area contributed by atoms with Gasteiger partial charge in [0.2, 0.25) is 0 Å². The van der Waals surface area contributed by atoms with E-state index in [4.69, 9.17) is 0 Å². The average Bonchev–Trinajstić information content (AvgIpc) is 2.37. The molecule has 0 saturated carbocycles. The monoisotopic (exact) mass is 245 g/mol. The molecule has 2 aliphatic heterocycles. The highest BCUT2D eigenvalue weighted by Crippen LogP contribution is 2.36. The molecule has 1 aromatic rings. The SMILES string of the molecule is CC(C)c1ccc(N2CCC3(CC2)CNC3)cn1. The Morgan fingerprint density at radius 1 is 1.22 bits per heavy atom. The van der Waals surface area contributed by atoms with E-state index < -0.39 is 0 Å². The van der Waals surface area contributed by atoms with E-state index in [1.54, 1.807) is 0 Å². The van der Waals surface area contributed by atoms with Gasteiger partial charge in [-0.1, -0.05) is 13.8 Å². The average molecular weight is 245 g/mol. The first kappa shape index (κ1) is 12.0. The number of hydrogen-bond donors (Lipinski definition) is 1. The zero-order chi connectivity index (χ0) is 12.6. The van der Waals surface area contributed by atoms with Crippen molar-refractivity contribution in [2.24, 2.45) is 5.41 Å². The minimum Gasteiger partial charge on any atom is -0.370 e. The number of aromatic nitrogens is 1. The van der Waals surface area contributed by atoms with Gasteiger partial charge in [-0.2, -0.15) is 0 Å². The fraction of sp³-hybridized carbons (Fsp3) is 0.667. The van der Waals surface area contributed by atoms with Gasteiger partial charge in [-0.05, 0) is 36.3 Å². The second kappa shape index (κ2) is 4.54. The van der Waals surface area contributed by atoms with E-state index in [-0.39, 0.29) is 0 Å². The van der Waals surface area contributed by atoms with Crippen molar-refractivity contribution in [3.63, 3.8) is 0 Å². The summed E-state index contributed by atoms with van der Waals surface area (Å²) < 4.78 is 0. The Morgan fingerprint density at radius 3 is 2.39 bits per heavy atom. The van der Waals surface area contributed by atoms with Crippen molar-refractivity contribution < 1.29 is 0 Å². The molecule has 0 aliphatic carbocycles. The van der Waals surface area contributed by atoms with Crippen LogP contribution >= 0.6 is 0 Å². The Kier molecular flexibility index (Phi) is 3.02. The molecule has 0 unspecified atom stereocenters. The van der Waals surface area contributed by atoms with E-state index in [9.17, 15) is 0 Å². The lowest BCUT2D eigenvalue weighted by molar-refractivity contribution is 0.126. The van der Waals surface area contributed by atoms with Crippen LogP contribution in [0.2, 0.25) is 0 Å². The second-order valence-electron chi connectivity index (χ2n) is 6.19. The van der Waals surface area contributed by atoms with Crippen molar-refractivity contribution >= 4 is 5.69 Å². The zero-order valence-corrected chi connectivity index (χ0v) is 11.4. The molecule has 1 spiro atoms. The number of nitrogens with zero attached hydrogens (tertiary/aromatic N) is 2. The van der Waals surface area contributed by atoms with Crippen molar-refractivity contribution in [2.45, 2.75) is 32.6 Å². The molecular weight excluding hydrogens is 222 g/mol. The maximum atomic E-state index is 4.57. The normalized spacial score (nSPS) is 22.3. The van der Waals surface area contributed by atoms with Gasteiger partial charge in [-0.3, -0.25) is 4.98 Å². The standard InChI is InChI=1S/C15H23N3/c1-12(2)14-4-3-13(9-17-14)18-7-5-15(6-8-18)10-16-11-15/h3-4,9,12,16H,5-8,10-11H2,1-2H3. The molecule has 0 atom stereocenters. The van der Waals surface area contributed by atoms with Gasteiger partial charge in [0.1, 0.15) is 0 Å². The molecule has 3 heterocycles. The van der Waals surface area contributed by atoms with Crippen LogP contribution in [0.3, 0.4) is 0 Å². The summed E-state index contributed by atoms with van der Waals surface area (Å²) in [4.78, 5) is 7.06. The lowest BCUT2D eigenvalue weighted by atomic mass is 9.73. The molecule has 3 heteroatoms. The molecule has 2 fully saturated rings. The quantitative estimate of drug-likeness (QED) is 0.867. The summed E-state index contributed by atoms with van der Waals surface area (Å²) in [5.74, 6) is 0.518. The van der Waals surface area contributed by atoms with Crippen LogP contribution in [0.1, 0.15) is 38.3 Å². The summed E-state index contributed by atoms with van der Waals surface area (Å²) in [7, 11) is 0. The summed E-state index contributed by atoms with van der Waals surface area (Å²) in [6.07, 6.45) is 4.70. The summed E-state index contributed by atoms with van der Waals surface area (Å²) in [5, 5.41) is 3.42. The highest BCUT2D eigenvalue weighted by atomic mass is 15.2. The number of nitrogens with one attached hydrogen (secondary N) is 1. The van der Waals surface area contributed by atoms with Gasteiger partial charge in [0, 0.05) is 31.9 Å². The van der Waals surface area contributed by atoms with Crippen molar-refractivity contribution in [3.05, 3.63) is 24.0 Å². The van der Waals surface area contributed by atoms with Crippen LogP contribution in [0, 0.1) is 5.41 Å². The van der Waals surface area contributed by atoms with Crippen molar-refractivity contribution in [3.8, 4) is 0 Å². The molecule has 2 saturated heterocycles. The van der Waals surface area contributed by atoms with Crippen LogP contribution in [0.15, 0.2) is 18.3 Å². The number of pyridine rings is 1. The number of hydrogen-bond acceptors (Lipinski definition) is 3. The lowest BCUT2D eigenvalue weighted by Gasteiger charge is -2.48. The third-order valence-corrected chi connectivity index (χ3v) is 4.55. The smallest absolute Gasteiger partial charge is 0.0552 e. The lowest BCUT2D eigenvalue weighted by Crippen LogP contribution is -2.58. The van der Waals surface area contributed by atoms with Gasteiger partial charge in [0.05, 0.1) is 11.9 Å². The van der Waals surface area contributed by atoms with Gasteiger partial charge in [0.15, 0.2) is 0 Å². The minimum absolute atomic E-state index is 0.518. The van der Waals surface area contributed by atoms with Crippen LogP contribution in [-0.4, -0.2) is 31.2 Å². The molecule has 0 bridgehead atoms. The minimum atomic E-state index is 0.518. The van der Waals surface area contributed by atoms with Crippen molar-refractivity contribution in [1.82, 2.24) is 10.3 Å². The molecule has 0 amide bonds. The van der Waals surface area contributed by atoms with Crippen LogP contribution < -0.4 is 10.2 Å². The molecule has 3 nitrogen and oxygen atoms in total. The molecule has 98 valence electrons. The van der Waals surface area contributed by atoms with Gasteiger partial charge in [0.25, 0.3) is 0 Å². The maximum Gasteiger partial charge on any atom is 0.0552 e. The van der Waals surface area contributed by atoms with E-state index in [0.29, 0.717) is 11.3 Å². The van der Waals surface area contributed by atoms with E-state index in [0.717, 1.165) is 0 Å². The molecular formula is C15H23N3. The Balaban J connectivity index is 1.65. The first-order valence-electron chi connectivity index (χ1n) is 7.10. The largest absolute Gasteiger partial charge is 0.370 e. The highest BCUT2D eigenvalue weighted by Gasteiger charge is 2.39. The fourth-order valence-electron chi connectivity index (χ4n) is 3.00. The van der Waals surface area contributed by atoms with Gasteiger partial charge >= 0.3 is 0 Å². The third-order valence-electron chi connectivity index (χ3n) is 4.55. The van der Waals surface area contributed by atoms with Gasteiger partial charge in [-0.25, -0.2) is 0 Å². The predicted molar refractivity (Wildman–Crippen MR) is 75.1 cm³/mol. The Bertz CT molecular complexity index is 396. The Morgan fingerprint density at radius 2 is 1.94 bits per heavy atom. The highest BCUT2D eigenvalue weighted by molar-refractivity contribution is 5.45. The molecule has 3 rings (SSSR count). The molecule has 2 aliphatic rings. The third kappa shape index (κ3) is 2.12. The van der Waals surface area contributed by atoms with E-state index in [1.165, 1.54) is 50.4 Å². The summed E-state index contributed by atoms with van der Waals surface area (Å²) >= 11 is 0. The molecule has 1 aromatic heterocycles. The second-order valence-corrected chi connectivity index (χ2v) is 6.19. The number of rotatable bonds is 2. The first-order valence-corrected chi connectivity index (χ1v) is 7.10.